The molecule has 1 aromatic heterocycles. The van der Waals surface area contributed by atoms with E-state index in [1.54, 1.807) is 6.92 Å². The van der Waals surface area contributed by atoms with Gasteiger partial charge in [0, 0.05) is 29.3 Å². The van der Waals surface area contributed by atoms with E-state index in [2.05, 4.69) is 5.32 Å². The zero-order valence-corrected chi connectivity index (χ0v) is 17.8. The van der Waals surface area contributed by atoms with E-state index in [0.717, 1.165) is 36.8 Å². The lowest BCUT2D eigenvalue weighted by Gasteiger charge is -2.10. The Morgan fingerprint density at radius 2 is 1.78 bits per heavy atom. The van der Waals surface area contributed by atoms with Crippen LogP contribution in [0, 0.1) is 12.7 Å². The number of rotatable bonds is 6. The minimum absolute atomic E-state index is 0.00351. The number of methoxy groups -OCH3 is 1. The van der Waals surface area contributed by atoms with Gasteiger partial charge in [-0.1, -0.05) is 6.92 Å². The summed E-state index contributed by atoms with van der Waals surface area (Å²) in [4.78, 5) is 25.6. The summed E-state index contributed by atoms with van der Waals surface area (Å²) < 4.78 is 59.3. The van der Waals surface area contributed by atoms with Crippen molar-refractivity contribution in [1.29, 1.82) is 0 Å². The summed E-state index contributed by atoms with van der Waals surface area (Å²) in [6.07, 6.45) is -3.83. The number of hydrogen-bond donors (Lipinski definition) is 1. The number of fused-ring (bicyclic) bond motifs is 1. The maximum atomic E-state index is 14.5. The Balaban J connectivity index is 2.13. The van der Waals surface area contributed by atoms with Crippen LogP contribution in [0.15, 0.2) is 36.4 Å². The number of aromatic nitrogens is 1. The number of benzene rings is 2. The summed E-state index contributed by atoms with van der Waals surface area (Å²) in [7, 11) is 1.30. The zero-order valence-electron chi connectivity index (χ0n) is 17.8. The zero-order chi connectivity index (χ0) is 23.6. The van der Waals surface area contributed by atoms with Crippen LogP contribution in [-0.2, 0) is 17.4 Å². The first kappa shape index (κ1) is 23.3. The molecule has 3 rings (SSSR count). The van der Waals surface area contributed by atoms with Gasteiger partial charge in [-0.25, -0.2) is 4.39 Å². The summed E-state index contributed by atoms with van der Waals surface area (Å²) >= 11 is 0. The van der Waals surface area contributed by atoms with Gasteiger partial charge in [-0.2, -0.15) is 13.2 Å². The fourth-order valence-corrected chi connectivity index (χ4v) is 3.54. The average molecular weight is 450 g/mol. The van der Waals surface area contributed by atoms with E-state index in [0.29, 0.717) is 23.2 Å². The summed E-state index contributed by atoms with van der Waals surface area (Å²) in [5.41, 5.74) is 0.212. The summed E-state index contributed by atoms with van der Waals surface area (Å²) in [5.74, 6) is -1.65. The van der Waals surface area contributed by atoms with Gasteiger partial charge in [-0.15, -0.1) is 0 Å². The van der Waals surface area contributed by atoms with Crippen LogP contribution in [0.4, 0.5) is 17.6 Å². The van der Waals surface area contributed by atoms with Gasteiger partial charge >= 0.3 is 6.18 Å². The van der Waals surface area contributed by atoms with E-state index < -0.39 is 23.5 Å². The Labute approximate surface area is 182 Å². The van der Waals surface area contributed by atoms with Crippen LogP contribution < -0.4 is 10.1 Å². The number of carbonyl (C=O) groups excluding carboxylic acids is 2. The third-order valence-corrected chi connectivity index (χ3v) is 5.18. The van der Waals surface area contributed by atoms with Crippen molar-refractivity contribution >= 4 is 22.7 Å². The lowest BCUT2D eigenvalue weighted by Crippen LogP contribution is -2.26. The topological polar surface area (TPSA) is 60.3 Å². The molecule has 0 spiro atoms. The average Bonchev–Trinajstić information content (AvgIpc) is 3.00. The first-order chi connectivity index (χ1) is 15.1. The van der Waals surface area contributed by atoms with Gasteiger partial charge in [0.15, 0.2) is 11.6 Å². The van der Waals surface area contributed by atoms with Crippen LogP contribution >= 0.6 is 0 Å². The Morgan fingerprint density at radius 1 is 1.12 bits per heavy atom. The predicted molar refractivity (Wildman–Crippen MR) is 111 cm³/mol. The van der Waals surface area contributed by atoms with Crippen LogP contribution in [0.5, 0.6) is 5.75 Å². The molecule has 3 aromatic rings. The van der Waals surface area contributed by atoms with E-state index in [-0.39, 0.29) is 29.2 Å². The Morgan fingerprint density at radius 3 is 2.34 bits per heavy atom. The highest BCUT2D eigenvalue weighted by atomic mass is 19.4. The molecule has 0 bridgehead atoms. The number of hydrogen-bond acceptors (Lipinski definition) is 3. The Kier molecular flexibility index (Phi) is 6.57. The van der Waals surface area contributed by atoms with E-state index in [9.17, 15) is 27.2 Å². The van der Waals surface area contributed by atoms with Crippen molar-refractivity contribution in [2.45, 2.75) is 32.9 Å². The molecule has 1 N–H and O–H groups in total. The lowest BCUT2D eigenvalue weighted by atomic mass is 10.1. The number of carbonyl (C=O) groups is 2. The highest BCUT2D eigenvalue weighted by molar-refractivity contribution is 6.05. The van der Waals surface area contributed by atoms with Gasteiger partial charge in [-0.05, 0) is 49.2 Å². The van der Waals surface area contributed by atoms with Gasteiger partial charge in [0.1, 0.15) is 0 Å². The van der Waals surface area contributed by atoms with Gasteiger partial charge in [0.2, 0.25) is 5.91 Å². The molecule has 0 aliphatic heterocycles. The fraction of sp³-hybridized carbons (Fsp3) is 0.304. The largest absolute Gasteiger partial charge is 0.494 e. The standard InChI is InChI=1S/C23H22F4N2O3/c1-4-9-28-21(30)11-16-13(2)29(19-12-18(24)20(32-3)10-17(16)19)22(31)14-5-7-15(8-6-14)23(25,26)27/h5-8,10,12H,4,9,11H2,1-3H3,(H,28,30). The van der Waals surface area contributed by atoms with Crippen LogP contribution in [0.1, 0.15) is 40.5 Å². The quantitative estimate of drug-likeness (QED) is 0.545. The molecule has 32 heavy (non-hydrogen) atoms. The molecule has 0 saturated heterocycles. The molecule has 0 saturated carbocycles. The Bertz CT molecular complexity index is 1160. The number of nitrogens with zero attached hydrogens (tertiary/aromatic N) is 1. The van der Waals surface area contributed by atoms with Crippen LogP contribution in [0.25, 0.3) is 10.9 Å². The molecular formula is C23H22F4N2O3. The predicted octanol–water partition coefficient (Wildman–Crippen LogP) is 4.87. The highest BCUT2D eigenvalue weighted by Gasteiger charge is 2.30. The Hall–Kier alpha value is -3.36. The number of amides is 1. The monoisotopic (exact) mass is 450 g/mol. The number of alkyl halides is 3. The maximum absolute atomic E-state index is 14.5. The van der Waals surface area contributed by atoms with Gasteiger partial charge in [0.05, 0.1) is 24.6 Å². The molecule has 0 aliphatic carbocycles. The molecule has 2 aromatic carbocycles. The number of halogens is 4. The van der Waals surface area contributed by atoms with E-state index >= 15 is 0 Å². The molecule has 170 valence electrons. The molecule has 5 nitrogen and oxygen atoms in total. The van der Waals surface area contributed by atoms with Gasteiger partial charge in [0.25, 0.3) is 5.91 Å². The molecule has 1 heterocycles. The SMILES string of the molecule is CCCNC(=O)Cc1c(C)n(C(=O)c2ccc(C(F)(F)F)cc2)c2cc(F)c(OC)cc12. The molecule has 0 radical (unpaired) electrons. The molecule has 1 amide bonds. The second-order valence-corrected chi connectivity index (χ2v) is 7.31. The van der Waals surface area contributed by atoms with Crippen molar-refractivity contribution in [3.8, 4) is 5.75 Å². The summed E-state index contributed by atoms with van der Waals surface area (Å²) in [5, 5.41) is 3.21. The van der Waals surface area contributed by atoms with Crippen LogP contribution in [-0.4, -0.2) is 30.0 Å². The van der Waals surface area contributed by atoms with Crippen LogP contribution in [0.3, 0.4) is 0 Å². The second-order valence-electron chi connectivity index (χ2n) is 7.31. The second kappa shape index (κ2) is 9.02. The van der Waals surface area contributed by atoms with Crippen molar-refractivity contribution in [2.24, 2.45) is 0 Å². The van der Waals surface area contributed by atoms with E-state index in [4.69, 9.17) is 4.74 Å². The number of nitrogens with one attached hydrogen (secondary N) is 1. The first-order valence-electron chi connectivity index (χ1n) is 9.94. The van der Waals surface area contributed by atoms with Crippen molar-refractivity contribution in [3.63, 3.8) is 0 Å². The molecule has 0 unspecified atom stereocenters. The third kappa shape index (κ3) is 4.46. The maximum Gasteiger partial charge on any atom is 0.416 e. The lowest BCUT2D eigenvalue weighted by molar-refractivity contribution is -0.137. The van der Waals surface area contributed by atoms with Crippen molar-refractivity contribution < 1.29 is 31.9 Å². The first-order valence-corrected chi connectivity index (χ1v) is 9.94. The molecular weight excluding hydrogens is 428 g/mol. The van der Waals surface area contributed by atoms with Gasteiger partial charge in [-0.3, -0.25) is 14.2 Å². The molecule has 0 fully saturated rings. The molecule has 0 aliphatic rings. The minimum Gasteiger partial charge on any atom is -0.494 e. The molecule has 0 atom stereocenters. The third-order valence-electron chi connectivity index (χ3n) is 5.18. The number of ether oxygens (including phenoxy) is 1. The van der Waals surface area contributed by atoms with Crippen LogP contribution in [0.2, 0.25) is 0 Å². The summed E-state index contributed by atoms with van der Waals surface area (Å²) in [6, 6.07) is 6.31. The smallest absolute Gasteiger partial charge is 0.416 e. The fourth-order valence-electron chi connectivity index (χ4n) is 3.54. The van der Waals surface area contributed by atoms with Crippen molar-refractivity contribution in [2.75, 3.05) is 13.7 Å². The highest BCUT2D eigenvalue weighted by Crippen LogP contribution is 2.33. The summed E-state index contributed by atoms with van der Waals surface area (Å²) in [6.45, 7) is 4.00. The van der Waals surface area contributed by atoms with Crippen molar-refractivity contribution in [3.05, 3.63) is 64.6 Å². The minimum atomic E-state index is -4.53. The van der Waals surface area contributed by atoms with E-state index in [1.807, 2.05) is 6.92 Å². The van der Waals surface area contributed by atoms with Gasteiger partial charge < -0.3 is 10.1 Å². The molecule has 9 heteroatoms. The normalized spacial score (nSPS) is 11.6. The van der Waals surface area contributed by atoms with Crippen molar-refractivity contribution in [1.82, 2.24) is 9.88 Å². The van der Waals surface area contributed by atoms with E-state index in [1.165, 1.54) is 17.7 Å².